The van der Waals surface area contributed by atoms with E-state index in [2.05, 4.69) is 17.2 Å². The standard InChI is InChI=1S/C19H21N3O2S/c1-5-14-6-8-15(9-7-14)21-17(23)12(3)22-10-20-18-16(19(22)24)11(2)13(4)25-18/h6-10,12H,5H2,1-4H3,(H,21,23). The molecule has 0 spiro atoms. The highest BCUT2D eigenvalue weighted by Crippen LogP contribution is 2.26. The fourth-order valence-corrected chi connectivity index (χ4v) is 3.71. The van der Waals surface area contributed by atoms with Crippen LogP contribution in [-0.2, 0) is 11.2 Å². The van der Waals surface area contributed by atoms with Crippen LogP contribution in [0.4, 0.5) is 5.69 Å². The molecule has 0 aliphatic rings. The van der Waals surface area contributed by atoms with Gasteiger partial charge in [0.2, 0.25) is 5.91 Å². The summed E-state index contributed by atoms with van der Waals surface area (Å²) in [6, 6.07) is 7.07. The lowest BCUT2D eigenvalue weighted by atomic mass is 10.1. The minimum absolute atomic E-state index is 0.171. The van der Waals surface area contributed by atoms with Gasteiger partial charge in [0.05, 0.1) is 11.7 Å². The number of fused-ring (bicyclic) bond motifs is 1. The number of nitrogens with zero attached hydrogens (tertiary/aromatic N) is 2. The first-order valence-electron chi connectivity index (χ1n) is 8.29. The largest absolute Gasteiger partial charge is 0.324 e. The Morgan fingerprint density at radius 1 is 1.28 bits per heavy atom. The van der Waals surface area contributed by atoms with Crippen molar-refractivity contribution < 1.29 is 4.79 Å². The van der Waals surface area contributed by atoms with Crippen LogP contribution in [0.15, 0.2) is 35.4 Å². The van der Waals surface area contributed by atoms with Gasteiger partial charge in [-0.2, -0.15) is 0 Å². The molecule has 0 saturated heterocycles. The smallest absolute Gasteiger partial charge is 0.263 e. The lowest BCUT2D eigenvalue weighted by Gasteiger charge is -2.15. The molecule has 25 heavy (non-hydrogen) atoms. The average molecular weight is 355 g/mol. The van der Waals surface area contributed by atoms with Gasteiger partial charge < -0.3 is 5.32 Å². The molecular formula is C19H21N3O2S. The molecule has 0 aliphatic carbocycles. The summed E-state index contributed by atoms with van der Waals surface area (Å²) in [5, 5.41) is 3.47. The van der Waals surface area contributed by atoms with Crippen LogP contribution in [0.3, 0.4) is 0 Å². The van der Waals surface area contributed by atoms with E-state index in [0.29, 0.717) is 5.39 Å². The summed E-state index contributed by atoms with van der Waals surface area (Å²) in [5.41, 5.74) is 2.70. The molecule has 3 aromatic rings. The second-order valence-electron chi connectivity index (χ2n) is 6.14. The minimum atomic E-state index is -0.644. The number of carbonyl (C=O) groups is 1. The van der Waals surface area contributed by atoms with E-state index >= 15 is 0 Å². The quantitative estimate of drug-likeness (QED) is 0.773. The minimum Gasteiger partial charge on any atom is -0.324 e. The summed E-state index contributed by atoms with van der Waals surface area (Å²) < 4.78 is 1.40. The maximum Gasteiger partial charge on any atom is 0.263 e. The van der Waals surface area contributed by atoms with E-state index in [1.165, 1.54) is 27.8 Å². The molecule has 1 aromatic carbocycles. The second kappa shape index (κ2) is 6.80. The molecule has 6 heteroatoms. The van der Waals surface area contributed by atoms with E-state index in [-0.39, 0.29) is 11.5 Å². The molecule has 5 nitrogen and oxygen atoms in total. The maximum atomic E-state index is 12.8. The predicted molar refractivity (Wildman–Crippen MR) is 103 cm³/mol. The van der Waals surface area contributed by atoms with Crippen molar-refractivity contribution in [3.8, 4) is 0 Å². The maximum absolute atomic E-state index is 12.8. The van der Waals surface area contributed by atoms with Crippen LogP contribution < -0.4 is 10.9 Å². The third-order valence-electron chi connectivity index (χ3n) is 4.54. The van der Waals surface area contributed by atoms with E-state index in [1.54, 1.807) is 6.92 Å². The fraction of sp³-hybridized carbons (Fsp3) is 0.316. The van der Waals surface area contributed by atoms with Gasteiger partial charge in [-0.1, -0.05) is 19.1 Å². The van der Waals surface area contributed by atoms with Gasteiger partial charge in [-0.05, 0) is 50.5 Å². The molecule has 0 fully saturated rings. The van der Waals surface area contributed by atoms with Crippen molar-refractivity contribution in [3.05, 3.63) is 57.0 Å². The Morgan fingerprint density at radius 3 is 2.60 bits per heavy atom. The monoisotopic (exact) mass is 355 g/mol. The Bertz CT molecular complexity index is 986. The van der Waals surface area contributed by atoms with Gasteiger partial charge in [-0.3, -0.25) is 14.2 Å². The highest BCUT2D eigenvalue weighted by atomic mass is 32.1. The number of carbonyl (C=O) groups excluding carboxylic acids is 1. The summed E-state index contributed by atoms with van der Waals surface area (Å²) in [4.78, 5) is 31.5. The molecule has 0 aliphatic heterocycles. The number of nitrogens with one attached hydrogen (secondary N) is 1. The van der Waals surface area contributed by atoms with E-state index < -0.39 is 6.04 Å². The Hall–Kier alpha value is -2.47. The molecule has 1 N–H and O–H groups in total. The third-order valence-corrected chi connectivity index (χ3v) is 5.66. The third kappa shape index (κ3) is 3.22. The van der Waals surface area contributed by atoms with Gasteiger partial charge in [-0.15, -0.1) is 11.3 Å². The summed E-state index contributed by atoms with van der Waals surface area (Å²) in [6.07, 6.45) is 2.41. The zero-order chi connectivity index (χ0) is 18.1. The van der Waals surface area contributed by atoms with Crippen LogP contribution in [0.25, 0.3) is 10.2 Å². The number of hydrogen-bond acceptors (Lipinski definition) is 4. The predicted octanol–water partition coefficient (Wildman–Crippen LogP) is 3.84. The first-order chi connectivity index (χ1) is 11.9. The van der Waals surface area contributed by atoms with Crippen LogP contribution in [0, 0.1) is 13.8 Å². The zero-order valence-electron chi connectivity index (χ0n) is 14.8. The summed E-state index contributed by atoms with van der Waals surface area (Å²) >= 11 is 1.50. The molecule has 1 amide bonds. The Kier molecular flexibility index (Phi) is 4.72. The van der Waals surface area contributed by atoms with E-state index in [9.17, 15) is 9.59 Å². The van der Waals surface area contributed by atoms with Crippen molar-refractivity contribution in [1.29, 1.82) is 0 Å². The molecule has 2 heterocycles. The highest BCUT2D eigenvalue weighted by molar-refractivity contribution is 7.18. The number of benzene rings is 1. The van der Waals surface area contributed by atoms with Crippen LogP contribution >= 0.6 is 11.3 Å². The summed E-state index contributed by atoms with van der Waals surface area (Å²) in [7, 11) is 0. The van der Waals surface area contributed by atoms with Crippen molar-refractivity contribution in [2.75, 3.05) is 5.32 Å². The normalized spacial score (nSPS) is 12.3. The first-order valence-corrected chi connectivity index (χ1v) is 9.10. The molecule has 0 saturated carbocycles. The average Bonchev–Trinajstić information content (AvgIpc) is 2.90. The van der Waals surface area contributed by atoms with Gasteiger partial charge in [0, 0.05) is 10.6 Å². The van der Waals surface area contributed by atoms with Crippen molar-refractivity contribution in [1.82, 2.24) is 9.55 Å². The van der Waals surface area contributed by atoms with Gasteiger partial charge in [0.15, 0.2) is 0 Å². The van der Waals surface area contributed by atoms with E-state index in [4.69, 9.17) is 0 Å². The molecule has 130 valence electrons. The SMILES string of the molecule is CCc1ccc(NC(=O)C(C)n2cnc3sc(C)c(C)c3c2=O)cc1. The van der Waals surface area contributed by atoms with Crippen molar-refractivity contribution in [2.45, 2.75) is 40.2 Å². The van der Waals surface area contributed by atoms with Crippen LogP contribution in [0.2, 0.25) is 0 Å². The van der Waals surface area contributed by atoms with Crippen LogP contribution in [0.5, 0.6) is 0 Å². The molecule has 0 bridgehead atoms. The number of amides is 1. The molecule has 1 atom stereocenters. The molecule has 0 radical (unpaired) electrons. The van der Waals surface area contributed by atoms with Crippen LogP contribution in [0.1, 0.15) is 35.9 Å². The lowest BCUT2D eigenvalue weighted by Crippen LogP contribution is -2.31. The van der Waals surface area contributed by atoms with Crippen molar-refractivity contribution >= 4 is 33.1 Å². The summed E-state index contributed by atoms with van der Waals surface area (Å²) in [5.74, 6) is -0.239. The van der Waals surface area contributed by atoms with Crippen molar-refractivity contribution in [3.63, 3.8) is 0 Å². The van der Waals surface area contributed by atoms with E-state index in [1.807, 2.05) is 38.1 Å². The Morgan fingerprint density at radius 2 is 1.96 bits per heavy atom. The fourth-order valence-electron chi connectivity index (χ4n) is 2.72. The lowest BCUT2D eigenvalue weighted by molar-refractivity contribution is -0.118. The highest BCUT2D eigenvalue weighted by Gasteiger charge is 2.20. The number of hydrogen-bond donors (Lipinski definition) is 1. The zero-order valence-corrected chi connectivity index (χ0v) is 15.6. The van der Waals surface area contributed by atoms with Crippen LogP contribution in [-0.4, -0.2) is 15.5 Å². The van der Waals surface area contributed by atoms with Gasteiger partial charge >= 0.3 is 0 Å². The molecular weight excluding hydrogens is 334 g/mol. The second-order valence-corrected chi connectivity index (χ2v) is 7.34. The molecule has 3 rings (SSSR count). The number of rotatable bonds is 4. The summed E-state index contributed by atoms with van der Waals surface area (Å²) in [6.45, 7) is 7.68. The number of thiophene rings is 1. The number of aromatic nitrogens is 2. The van der Waals surface area contributed by atoms with Gasteiger partial charge in [-0.25, -0.2) is 4.98 Å². The Labute approximate surface area is 150 Å². The number of aryl methyl sites for hydroxylation is 3. The molecule has 2 aromatic heterocycles. The number of anilines is 1. The Balaban J connectivity index is 1.89. The van der Waals surface area contributed by atoms with Gasteiger partial charge in [0.1, 0.15) is 10.9 Å². The van der Waals surface area contributed by atoms with E-state index in [0.717, 1.165) is 27.4 Å². The van der Waals surface area contributed by atoms with Gasteiger partial charge in [0.25, 0.3) is 5.56 Å². The van der Waals surface area contributed by atoms with Crippen molar-refractivity contribution in [2.24, 2.45) is 0 Å². The first kappa shape index (κ1) is 17.4. The topological polar surface area (TPSA) is 64.0 Å². The molecule has 1 unspecified atom stereocenters.